The Kier molecular flexibility index (Phi) is 11.0. The zero-order valence-corrected chi connectivity index (χ0v) is 28.6. The van der Waals surface area contributed by atoms with Crippen LogP contribution in [0.5, 0.6) is 0 Å². The number of carbonyl (C=O) groups is 1. The van der Waals surface area contributed by atoms with E-state index in [1.54, 1.807) is 11.7 Å². The van der Waals surface area contributed by atoms with Crippen LogP contribution in [0, 0.1) is 4.64 Å². The summed E-state index contributed by atoms with van der Waals surface area (Å²) < 4.78 is 61.6. The average molecular weight is 748 g/mol. The molecule has 0 radical (unpaired) electrons. The number of nitrogen functional groups attached to an aromatic ring is 1. The minimum atomic E-state index is -5.80. The number of aliphatic hydroxyl groups is 1. The van der Waals surface area contributed by atoms with Gasteiger partial charge in [-0.25, -0.2) is 23.7 Å². The van der Waals surface area contributed by atoms with Gasteiger partial charge in [-0.1, -0.05) is 33.0 Å². The molecule has 26 heteroatoms. The van der Waals surface area contributed by atoms with Crippen LogP contribution in [0.4, 0.5) is 5.95 Å². The fourth-order valence-corrected chi connectivity index (χ4v) is 7.67. The average Bonchev–Trinajstić information content (AvgIpc) is 3.58. The highest BCUT2D eigenvalue weighted by molar-refractivity contribution is 7.71. The molecule has 0 aromatic carbocycles. The maximum Gasteiger partial charge on any atom is 0.490 e. The second kappa shape index (κ2) is 13.8. The molecule has 1 aliphatic rings. The molecule has 3 aromatic heterocycles. The molecule has 1 fully saturated rings. The van der Waals surface area contributed by atoms with Gasteiger partial charge in [-0.05, 0) is 0 Å². The Labute approximate surface area is 270 Å². The van der Waals surface area contributed by atoms with Crippen molar-refractivity contribution >= 4 is 58.7 Å². The van der Waals surface area contributed by atoms with Gasteiger partial charge in [0.1, 0.15) is 42.6 Å². The number of hydrogen-bond acceptors (Lipinski definition) is 14. The molecular weight excluding hydrogens is 713 g/mol. The van der Waals surface area contributed by atoms with Crippen LogP contribution in [0.3, 0.4) is 0 Å². The van der Waals surface area contributed by atoms with E-state index in [9.17, 15) is 33.4 Å². The van der Waals surface area contributed by atoms with Crippen LogP contribution >= 0.6 is 35.7 Å². The van der Waals surface area contributed by atoms with E-state index in [0.717, 1.165) is 11.4 Å². The fraction of sp³-hybridized carbons (Fsp3) is 0.571. The quantitative estimate of drug-likeness (QED) is 0.0622. The van der Waals surface area contributed by atoms with Gasteiger partial charge < -0.3 is 50.2 Å². The Morgan fingerprint density at radius 2 is 1.89 bits per heavy atom. The number of H-pyrrole nitrogens is 2. The Balaban J connectivity index is 1.50. The molecule has 3 aromatic rings. The second-order valence-electron chi connectivity index (χ2n) is 11.2. The number of aryl methyl sites for hydroxylation is 1. The van der Waals surface area contributed by atoms with Crippen LogP contribution in [-0.4, -0.2) is 86.7 Å². The number of phosphoric ester groups is 1. The van der Waals surface area contributed by atoms with E-state index in [0.29, 0.717) is 0 Å². The van der Waals surface area contributed by atoms with E-state index < -0.39 is 67.1 Å². The molecule has 10 N–H and O–H groups in total. The van der Waals surface area contributed by atoms with Gasteiger partial charge >= 0.3 is 23.5 Å². The van der Waals surface area contributed by atoms with E-state index in [-0.39, 0.29) is 33.7 Å². The molecule has 47 heavy (non-hydrogen) atoms. The van der Waals surface area contributed by atoms with E-state index in [1.165, 1.54) is 10.9 Å². The lowest BCUT2D eigenvalue weighted by Crippen LogP contribution is -2.40. The number of nitrogens with zero attached hydrogens (tertiary/aromatic N) is 4. The minimum absolute atomic E-state index is 0.0298. The van der Waals surface area contributed by atoms with Crippen molar-refractivity contribution in [1.82, 2.24) is 29.9 Å². The summed E-state index contributed by atoms with van der Waals surface area (Å²) >= 11 is 5.19. The molecule has 1 saturated heterocycles. The molecule has 0 spiro atoms. The highest BCUT2D eigenvalue weighted by atomic mass is 32.1. The van der Waals surface area contributed by atoms with Gasteiger partial charge in [-0.3, -0.25) is 13.9 Å². The predicted octanol–water partition coefficient (Wildman–Crippen LogP) is -0.176. The molecule has 0 bridgehead atoms. The molecule has 22 nitrogen and oxygen atoms in total. The van der Waals surface area contributed by atoms with Gasteiger partial charge in [0.15, 0.2) is 23.9 Å². The van der Waals surface area contributed by atoms with Gasteiger partial charge in [0.25, 0.3) is 0 Å². The maximum absolute atomic E-state index is 12.8. The monoisotopic (exact) mass is 747 g/mol. The van der Waals surface area contributed by atoms with Gasteiger partial charge in [-0.2, -0.15) is 13.7 Å². The zero-order chi connectivity index (χ0) is 35.1. The van der Waals surface area contributed by atoms with Crippen molar-refractivity contribution < 1.29 is 70.5 Å². The number of nitrogens with two attached hydrogens (primary N) is 1. The van der Waals surface area contributed by atoms with E-state index >= 15 is 0 Å². The lowest BCUT2D eigenvalue weighted by atomic mass is 9.92. The molecule has 6 atom stereocenters. The number of rotatable bonds is 13. The summed E-state index contributed by atoms with van der Waals surface area (Å²) in [6.07, 6.45) is -4.64. The zero-order valence-electron chi connectivity index (χ0n) is 25.1. The third kappa shape index (κ3) is 9.58. The fourth-order valence-electron chi connectivity index (χ4n) is 4.39. The van der Waals surface area contributed by atoms with Crippen molar-refractivity contribution in [3.63, 3.8) is 0 Å². The molecule has 0 aliphatic carbocycles. The Hall–Kier alpha value is -2.46. The second-order valence-corrected chi connectivity index (χ2v) is 16.0. The number of aliphatic hydroxyl groups excluding tert-OH is 1. The molecule has 0 saturated carbocycles. The van der Waals surface area contributed by atoms with Gasteiger partial charge in [-0.15, -0.1) is 4.68 Å². The third-order valence-electron chi connectivity index (χ3n) is 6.58. The van der Waals surface area contributed by atoms with Gasteiger partial charge in [0.2, 0.25) is 11.6 Å². The molecule has 3 unspecified atom stereocenters. The predicted molar refractivity (Wildman–Crippen MR) is 159 cm³/mol. The minimum Gasteiger partial charge on any atom is -0.387 e. The molecule has 1 aliphatic heterocycles. The first-order chi connectivity index (χ1) is 21.6. The van der Waals surface area contributed by atoms with Crippen molar-refractivity contribution in [3.8, 4) is 0 Å². The number of aromatic amines is 2. The normalized spacial score (nSPS) is 23.1. The molecule has 4 heterocycles. The van der Waals surface area contributed by atoms with Crippen molar-refractivity contribution in [2.75, 3.05) is 18.9 Å². The van der Waals surface area contributed by atoms with Crippen LogP contribution in [-0.2, 0) is 60.1 Å². The number of hydrogen-bond donors (Lipinski definition) is 9. The molecule has 1 amide bonds. The summed E-state index contributed by atoms with van der Waals surface area (Å²) in [5.74, 6) is -0.661. The molecule has 4 rings (SSSR count). The summed E-state index contributed by atoms with van der Waals surface area (Å²) in [4.78, 5) is 60.3. The number of amides is 1. The van der Waals surface area contributed by atoms with Gasteiger partial charge in [0.05, 0.1) is 18.6 Å². The van der Waals surface area contributed by atoms with Crippen LogP contribution in [0.15, 0.2) is 12.4 Å². The Morgan fingerprint density at radius 1 is 1.21 bits per heavy atom. The van der Waals surface area contributed by atoms with Gasteiger partial charge in [0, 0.05) is 11.5 Å². The summed E-state index contributed by atoms with van der Waals surface area (Å²) in [5.41, 5.74) is 7.71. The van der Waals surface area contributed by atoms with E-state index in [4.69, 9.17) is 37.2 Å². The first kappa shape index (κ1) is 37.4. The number of phosphoric acid groups is 3. The van der Waals surface area contributed by atoms with E-state index in [1.807, 2.05) is 26.8 Å². The third-order valence-corrected chi connectivity index (χ3v) is 10.7. The van der Waals surface area contributed by atoms with Crippen molar-refractivity contribution in [3.05, 3.63) is 28.4 Å². The van der Waals surface area contributed by atoms with Crippen LogP contribution in [0.2, 0.25) is 0 Å². The van der Waals surface area contributed by atoms with Crippen LogP contribution in [0.25, 0.3) is 11.2 Å². The van der Waals surface area contributed by atoms with E-state index in [2.05, 4.69) is 38.5 Å². The highest BCUT2D eigenvalue weighted by Crippen LogP contribution is 2.66. The smallest absolute Gasteiger partial charge is 0.387 e. The SMILES string of the molecule is C[n+]1[nH]c(C(C)(C)C)cc1CNC(=O)COC1[C@@H](O)[C@@H](COP(=O)(O)OP(=O)(O)OP(=O)(O)O)O[C@H]1n1cnc2c(=S)nc(N)[nH]c21. The number of aromatic nitrogens is 6. The maximum atomic E-state index is 12.8. The first-order valence-corrected chi connectivity index (χ1v) is 18.3. The number of fused-ring (bicyclic) bond motifs is 1. The summed E-state index contributed by atoms with van der Waals surface area (Å²) in [6, 6.07) is 1.91. The number of carbonyl (C=O) groups excluding carboxylic acids is 1. The molecule has 262 valence electrons. The lowest BCUT2D eigenvalue weighted by molar-refractivity contribution is -0.734. The molecular formula is C21H34N8O14P3S+. The van der Waals surface area contributed by atoms with Crippen molar-refractivity contribution in [2.24, 2.45) is 7.05 Å². The number of anilines is 1. The summed E-state index contributed by atoms with van der Waals surface area (Å²) in [6.45, 7) is 4.63. The summed E-state index contributed by atoms with van der Waals surface area (Å²) in [7, 11) is -15.2. The Morgan fingerprint density at radius 3 is 2.51 bits per heavy atom. The van der Waals surface area contributed by atoms with Crippen LogP contribution < -0.4 is 15.7 Å². The van der Waals surface area contributed by atoms with Crippen molar-refractivity contribution in [2.45, 2.75) is 57.3 Å². The highest BCUT2D eigenvalue weighted by Gasteiger charge is 2.48. The summed E-state index contributed by atoms with van der Waals surface area (Å²) in [5, 5.41) is 17.0. The van der Waals surface area contributed by atoms with Crippen molar-refractivity contribution in [1.29, 1.82) is 0 Å². The number of nitrogens with one attached hydrogen (secondary N) is 3. The topological polar surface area (TPSA) is 320 Å². The standard InChI is InChI=1S/C21H33N8O14P3S/c1-21(2,3)12-5-10(28(4)27-12)6-23-13(30)8-39-16-15(31)11(7-40-45(35,36)43-46(37,38)42-44(32,33)34)41-19(16)29-9-24-14-17(29)25-20(22)26-18(14)47/h5,9,11,15-16,19,31H,6-8H2,1-4H3,(H8,22,23,25,26,30,32,33,34,35,36,37,38,47)/p+1/t11-,15+,16?,19-/m1/s1. The largest absolute Gasteiger partial charge is 0.490 e. The number of ether oxygens (including phenoxy) is 2. The van der Waals surface area contributed by atoms with Crippen LogP contribution in [0.1, 0.15) is 38.4 Å². The Bertz CT molecular complexity index is 1840. The lowest BCUT2D eigenvalue weighted by Gasteiger charge is -2.22. The first-order valence-electron chi connectivity index (χ1n) is 13.4. The number of imidazole rings is 1.